The van der Waals surface area contributed by atoms with Gasteiger partial charge in [0, 0.05) is 62.5 Å². The van der Waals surface area contributed by atoms with Crippen LogP contribution in [-0.4, -0.2) is 68.4 Å². The largest absolute Gasteiger partial charge is 0.493 e. The van der Waals surface area contributed by atoms with Crippen molar-refractivity contribution in [2.75, 3.05) is 38.0 Å². The van der Waals surface area contributed by atoms with Gasteiger partial charge in [-0.3, -0.25) is 24.2 Å². The van der Waals surface area contributed by atoms with Gasteiger partial charge in [-0.25, -0.2) is 8.42 Å². The summed E-state index contributed by atoms with van der Waals surface area (Å²) in [6.07, 6.45) is 1.56. The first-order valence-corrected chi connectivity index (χ1v) is 14.6. The molecule has 0 saturated carbocycles. The number of aromatic nitrogens is 1. The van der Waals surface area contributed by atoms with Gasteiger partial charge in [0.2, 0.25) is 0 Å². The number of nitrogens with one attached hydrogen (secondary N) is 1. The van der Waals surface area contributed by atoms with E-state index >= 15 is 0 Å². The molecule has 4 aromatic rings. The Balaban J connectivity index is 1.18. The van der Waals surface area contributed by atoms with Crippen molar-refractivity contribution in [3.8, 4) is 11.5 Å². The Morgan fingerprint density at radius 1 is 0.927 bits per heavy atom. The van der Waals surface area contributed by atoms with E-state index in [2.05, 4.69) is 14.6 Å². The fraction of sp³-hybridized carbons (Fsp3) is 0.233. The van der Waals surface area contributed by atoms with Crippen LogP contribution in [0.1, 0.15) is 22.8 Å². The Morgan fingerprint density at radius 3 is 2.37 bits per heavy atom. The number of benzene rings is 3. The lowest BCUT2D eigenvalue weighted by atomic mass is 10.1. The maximum atomic E-state index is 13.1. The molecule has 5 rings (SSSR count). The van der Waals surface area contributed by atoms with E-state index in [1.165, 1.54) is 20.1 Å². The SMILES string of the molecule is COc1cc(CN2CCN(C(=O)c3ccc(NS(=O)(=O)c4cccc5cccnc45)cc3)CC2)ccc1OC(C)=O. The maximum absolute atomic E-state index is 13.1. The fourth-order valence-electron chi connectivity index (χ4n) is 4.78. The zero-order valence-corrected chi connectivity index (χ0v) is 23.6. The van der Waals surface area contributed by atoms with E-state index < -0.39 is 16.0 Å². The van der Waals surface area contributed by atoms with Crippen LogP contribution in [0.3, 0.4) is 0 Å². The third-order valence-corrected chi connectivity index (χ3v) is 8.23. The molecule has 1 N–H and O–H groups in total. The topological polar surface area (TPSA) is 118 Å². The highest BCUT2D eigenvalue weighted by atomic mass is 32.2. The average Bonchev–Trinajstić information content (AvgIpc) is 2.97. The molecule has 1 aliphatic rings. The number of carbonyl (C=O) groups excluding carboxylic acids is 2. The molecule has 10 nitrogen and oxygen atoms in total. The van der Waals surface area contributed by atoms with E-state index in [1.54, 1.807) is 53.6 Å². The Morgan fingerprint density at radius 2 is 1.66 bits per heavy atom. The molecule has 11 heteroatoms. The van der Waals surface area contributed by atoms with Gasteiger partial charge in [0.15, 0.2) is 11.5 Å². The van der Waals surface area contributed by atoms with E-state index in [0.29, 0.717) is 61.0 Å². The lowest BCUT2D eigenvalue weighted by Crippen LogP contribution is -2.48. The summed E-state index contributed by atoms with van der Waals surface area (Å²) >= 11 is 0. The smallest absolute Gasteiger partial charge is 0.308 e. The third-order valence-electron chi connectivity index (χ3n) is 6.82. The van der Waals surface area contributed by atoms with Crippen LogP contribution in [0.4, 0.5) is 5.69 Å². The van der Waals surface area contributed by atoms with Crippen molar-refractivity contribution in [2.24, 2.45) is 0 Å². The first kappa shape index (κ1) is 28.1. The van der Waals surface area contributed by atoms with Gasteiger partial charge in [0.05, 0.1) is 12.6 Å². The fourth-order valence-corrected chi connectivity index (χ4v) is 6.02. The normalized spacial score (nSPS) is 14.0. The quantitative estimate of drug-likeness (QED) is 0.249. The third kappa shape index (κ3) is 6.47. The summed E-state index contributed by atoms with van der Waals surface area (Å²) in [5.74, 6) is 0.352. The molecule has 0 spiro atoms. The van der Waals surface area contributed by atoms with Crippen molar-refractivity contribution in [1.82, 2.24) is 14.8 Å². The van der Waals surface area contributed by atoms with E-state index in [4.69, 9.17) is 9.47 Å². The number of piperazine rings is 1. The van der Waals surface area contributed by atoms with E-state index in [1.807, 2.05) is 24.3 Å². The zero-order chi connectivity index (χ0) is 29.0. The number of methoxy groups -OCH3 is 1. The van der Waals surface area contributed by atoms with Gasteiger partial charge in [0.1, 0.15) is 4.90 Å². The molecule has 0 unspecified atom stereocenters. The van der Waals surface area contributed by atoms with E-state index in [-0.39, 0.29) is 10.8 Å². The van der Waals surface area contributed by atoms with Gasteiger partial charge in [0.25, 0.3) is 15.9 Å². The number of nitrogens with zero attached hydrogens (tertiary/aromatic N) is 3. The van der Waals surface area contributed by atoms with Gasteiger partial charge in [-0.2, -0.15) is 0 Å². The highest BCUT2D eigenvalue weighted by Crippen LogP contribution is 2.29. The number of hydrogen-bond acceptors (Lipinski definition) is 8. The molecule has 212 valence electrons. The Hall–Kier alpha value is -4.48. The lowest BCUT2D eigenvalue weighted by molar-refractivity contribution is -0.132. The number of esters is 1. The van der Waals surface area contributed by atoms with Crippen molar-refractivity contribution in [2.45, 2.75) is 18.4 Å². The highest BCUT2D eigenvalue weighted by molar-refractivity contribution is 7.93. The van der Waals surface area contributed by atoms with Crippen LogP contribution in [-0.2, 0) is 21.4 Å². The first-order chi connectivity index (χ1) is 19.7. The number of rotatable bonds is 8. The molecule has 1 amide bonds. The van der Waals surface area contributed by atoms with Crippen molar-refractivity contribution >= 4 is 38.5 Å². The maximum Gasteiger partial charge on any atom is 0.308 e. The molecule has 1 saturated heterocycles. The summed E-state index contributed by atoms with van der Waals surface area (Å²) in [5.41, 5.74) is 2.25. The van der Waals surface area contributed by atoms with Crippen molar-refractivity contribution in [3.63, 3.8) is 0 Å². The molecule has 41 heavy (non-hydrogen) atoms. The number of hydrogen-bond donors (Lipinski definition) is 1. The van der Waals surface area contributed by atoms with Gasteiger partial charge in [-0.05, 0) is 54.1 Å². The van der Waals surface area contributed by atoms with Gasteiger partial charge in [-0.15, -0.1) is 0 Å². The number of fused-ring (bicyclic) bond motifs is 1. The first-order valence-electron chi connectivity index (χ1n) is 13.1. The summed E-state index contributed by atoms with van der Waals surface area (Å²) < 4.78 is 39.3. The number of anilines is 1. The summed E-state index contributed by atoms with van der Waals surface area (Å²) in [6.45, 7) is 4.51. The van der Waals surface area contributed by atoms with Crippen LogP contribution in [0.25, 0.3) is 10.9 Å². The minimum atomic E-state index is -3.88. The van der Waals surface area contributed by atoms with Crippen molar-refractivity contribution in [3.05, 3.63) is 90.1 Å². The summed E-state index contributed by atoms with van der Waals surface area (Å²) in [7, 11) is -2.35. The van der Waals surface area contributed by atoms with Crippen molar-refractivity contribution < 1.29 is 27.5 Å². The van der Waals surface area contributed by atoms with Crippen LogP contribution in [0, 0.1) is 0 Å². The number of para-hydroxylation sites is 1. The summed E-state index contributed by atoms with van der Waals surface area (Å²) in [5, 5.41) is 0.730. The minimum Gasteiger partial charge on any atom is -0.493 e. The second kappa shape index (κ2) is 11.9. The number of pyridine rings is 1. The minimum absolute atomic E-state index is 0.0902. The number of amides is 1. The molecule has 1 aromatic heterocycles. The molecule has 0 bridgehead atoms. The molecule has 0 radical (unpaired) electrons. The molecule has 1 fully saturated rings. The second-order valence-electron chi connectivity index (χ2n) is 9.66. The molecule has 0 aliphatic carbocycles. The second-order valence-corrected chi connectivity index (χ2v) is 11.3. The Kier molecular flexibility index (Phi) is 8.18. The number of ether oxygens (including phenoxy) is 2. The molecule has 1 aliphatic heterocycles. The molecule has 3 aromatic carbocycles. The van der Waals surface area contributed by atoms with Crippen molar-refractivity contribution in [1.29, 1.82) is 0 Å². The molecular weight excluding hydrogens is 544 g/mol. The van der Waals surface area contributed by atoms with Crippen LogP contribution in [0.5, 0.6) is 11.5 Å². The zero-order valence-electron chi connectivity index (χ0n) is 22.7. The summed E-state index contributed by atoms with van der Waals surface area (Å²) in [6, 6.07) is 20.5. The van der Waals surface area contributed by atoms with Gasteiger partial charge < -0.3 is 14.4 Å². The monoisotopic (exact) mass is 574 g/mol. The average molecular weight is 575 g/mol. The summed E-state index contributed by atoms with van der Waals surface area (Å²) in [4.78, 5) is 32.8. The molecular formula is C30H30N4O6S. The predicted octanol–water partition coefficient (Wildman–Crippen LogP) is 3.93. The highest BCUT2D eigenvalue weighted by Gasteiger charge is 2.23. The van der Waals surface area contributed by atoms with Crippen LogP contribution >= 0.6 is 0 Å². The van der Waals surface area contributed by atoms with Crippen LogP contribution in [0.2, 0.25) is 0 Å². The van der Waals surface area contributed by atoms with E-state index in [0.717, 1.165) is 10.9 Å². The molecule has 2 heterocycles. The number of sulfonamides is 1. The van der Waals surface area contributed by atoms with Gasteiger partial charge >= 0.3 is 5.97 Å². The standard InChI is InChI=1S/C30H30N4O6S/c1-21(35)40-26-13-8-22(19-27(26)39-2)20-33-15-17-34(18-16-33)30(36)24-9-11-25(12-10-24)32-41(37,38)28-7-3-5-23-6-4-14-31-29(23)28/h3-14,19,32H,15-18,20H2,1-2H3. The van der Waals surface area contributed by atoms with E-state index in [9.17, 15) is 18.0 Å². The van der Waals surface area contributed by atoms with Gasteiger partial charge in [-0.1, -0.05) is 24.3 Å². The predicted molar refractivity (Wildman–Crippen MR) is 154 cm³/mol. The Labute approximate surface area is 238 Å². The van der Waals surface area contributed by atoms with Crippen LogP contribution < -0.4 is 14.2 Å². The molecule has 0 atom stereocenters. The number of carbonyl (C=O) groups is 2. The Bertz CT molecular complexity index is 1680. The van der Waals surface area contributed by atoms with Crippen LogP contribution in [0.15, 0.2) is 83.9 Å². The lowest BCUT2D eigenvalue weighted by Gasteiger charge is -2.35.